The second kappa shape index (κ2) is 9.27. The Bertz CT molecular complexity index is 865. The molecular formula is C22H25ClFN3O2. The first-order valence-electron chi connectivity index (χ1n) is 9.71. The Hall–Kier alpha value is -2.60. The molecule has 0 spiro atoms. The maximum Gasteiger partial charge on any atom is 0.251 e. The lowest BCUT2D eigenvalue weighted by molar-refractivity contribution is -0.134. The summed E-state index contributed by atoms with van der Waals surface area (Å²) in [5, 5.41) is 3.40. The zero-order valence-electron chi connectivity index (χ0n) is 16.6. The fourth-order valence-electron chi connectivity index (χ4n) is 3.41. The average Bonchev–Trinajstić information content (AvgIpc) is 2.72. The minimum atomic E-state index is -0.627. The molecular weight excluding hydrogens is 393 g/mol. The number of amides is 2. The standard InChI is InChI=1S/C22H25ClFN3O2/c1-15(2)20(25-21(28)16-7-9-17(23)10-8-16)22(29)27-13-11-26(12-14-27)19-6-4-3-5-18(19)24/h3-10,15,20H,11-14H2,1-2H3,(H,25,28)/t20-/m0/s1. The van der Waals surface area contributed by atoms with Gasteiger partial charge in [-0.3, -0.25) is 9.59 Å². The van der Waals surface area contributed by atoms with Gasteiger partial charge in [0.05, 0.1) is 5.69 Å². The Morgan fingerprint density at radius 3 is 2.21 bits per heavy atom. The molecule has 154 valence electrons. The second-order valence-corrected chi connectivity index (χ2v) is 7.90. The van der Waals surface area contributed by atoms with Gasteiger partial charge in [0, 0.05) is 36.8 Å². The maximum absolute atomic E-state index is 14.0. The third kappa shape index (κ3) is 5.07. The summed E-state index contributed by atoms with van der Waals surface area (Å²) in [6.07, 6.45) is 0. The second-order valence-electron chi connectivity index (χ2n) is 7.47. The van der Waals surface area contributed by atoms with Crippen LogP contribution in [0, 0.1) is 11.7 Å². The van der Waals surface area contributed by atoms with Crippen LogP contribution in [0.3, 0.4) is 0 Å². The van der Waals surface area contributed by atoms with Crippen LogP contribution < -0.4 is 10.2 Å². The zero-order valence-corrected chi connectivity index (χ0v) is 17.3. The van der Waals surface area contributed by atoms with Crippen molar-refractivity contribution in [3.63, 3.8) is 0 Å². The zero-order chi connectivity index (χ0) is 21.0. The third-order valence-electron chi connectivity index (χ3n) is 5.11. The molecule has 3 rings (SSSR count). The van der Waals surface area contributed by atoms with Crippen LogP contribution in [0.2, 0.25) is 5.02 Å². The summed E-state index contributed by atoms with van der Waals surface area (Å²) >= 11 is 5.87. The van der Waals surface area contributed by atoms with E-state index in [9.17, 15) is 14.0 Å². The molecule has 1 N–H and O–H groups in total. The van der Waals surface area contributed by atoms with Crippen molar-refractivity contribution in [1.82, 2.24) is 10.2 Å². The molecule has 5 nitrogen and oxygen atoms in total. The van der Waals surface area contributed by atoms with Gasteiger partial charge < -0.3 is 15.1 Å². The molecule has 7 heteroatoms. The van der Waals surface area contributed by atoms with Gasteiger partial charge in [-0.2, -0.15) is 0 Å². The SMILES string of the molecule is CC(C)[C@H](NC(=O)c1ccc(Cl)cc1)C(=O)N1CCN(c2ccccc2F)CC1. The fourth-order valence-corrected chi connectivity index (χ4v) is 3.54. The molecule has 0 bridgehead atoms. The van der Waals surface area contributed by atoms with Gasteiger partial charge in [0.15, 0.2) is 0 Å². The van der Waals surface area contributed by atoms with E-state index in [1.54, 1.807) is 47.4 Å². The highest BCUT2D eigenvalue weighted by Gasteiger charge is 2.31. The van der Waals surface area contributed by atoms with Gasteiger partial charge >= 0.3 is 0 Å². The van der Waals surface area contributed by atoms with Crippen molar-refractivity contribution in [2.45, 2.75) is 19.9 Å². The van der Waals surface area contributed by atoms with Crippen LogP contribution in [-0.4, -0.2) is 48.9 Å². The minimum absolute atomic E-state index is 0.0663. The summed E-state index contributed by atoms with van der Waals surface area (Å²) in [6, 6.07) is 12.6. The van der Waals surface area contributed by atoms with Crippen molar-refractivity contribution in [2.75, 3.05) is 31.1 Å². The molecule has 0 unspecified atom stereocenters. The Labute approximate surface area is 175 Å². The molecule has 1 fully saturated rings. The highest BCUT2D eigenvalue weighted by molar-refractivity contribution is 6.30. The predicted molar refractivity (Wildman–Crippen MR) is 113 cm³/mol. The number of hydrogen-bond donors (Lipinski definition) is 1. The Balaban J connectivity index is 1.63. The third-order valence-corrected chi connectivity index (χ3v) is 5.36. The van der Waals surface area contributed by atoms with Crippen LogP contribution in [0.4, 0.5) is 10.1 Å². The molecule has 2 amide bonds. The number of benzene rings is 2. The summed E-state index contributed by atoms with van der Waals surface area (Å²) < 4.78 is 14.0. The number of nitrogens with zero attached hydrogens (tertiary/aromatic N) is 2. The topological polar surface area (TPSA) is 52.7 Å². The summed E-state index contributed by atoms with van der Waals surface area (Å²) in [7, 11) is 0. The van der Waals surface area contributed by atoms with E-state index >= 15 is 0 Å². The summed E-state index contributed by atoms with van der Waals surface area (Å²) in [5.41, 5.74) is 1.01. The van der Waals surface area contributed by atoms with Gasteiger partial charge in [-0.25, -0.2) is 4.39 Å². The van der Waals surface area contributed by atoms with Gasteiger partial charge in [-0.1, -0.05) is 37.6 Å². The molecule has 0 aromatic heterocycles. The van der Waals surface area contributed by atoms with E-state index in [0.29, 0.717) is 42.5 Å². The first-order chi connectivity index (χ1) is 13.9. The lowest BCUT2D eigenvalue weighted by Gasteiger charge is -2.38. The molecule has 0 aliphatic carbocycles. The van der Waals surface area contributed by atoms with Crippen molar-refractivity contribution in [3.05, 3.63) is 64.9 Å². The van der Waals surface area contributed by atoms with Crippen molar-refractivity contribution in [2.24, 2.45) is 5.92 Å². The number of anilines is 1. The van der Waals surface area contributed by atoms with Gasteiger partial charge in [0.2, 0.25) is 5.91 Å². The highest BCUT2D eigenvalue weighted by atomic mass is 35.5. The first-order valence-corrected chi connectivity index (χ1v) is 10.1. The molecule has 0 saturated carbocycles. The van der Waals surface area contributed by atoms with E-state index in [0.717, 1.165) is 0 Å². The van der Waals surface area contributed by atoms with E-state index in [2.05, 4.69) is 5.32 Å². The van der Waals surface area contributed by atoms with E-state index in [-0.39, 0.29) is 23.5 Å². The summed E-state index contributed by atoms with van der Waals surface area (Å²) in [6.45, 7) is 5.85. The Kier molecular flexibility index (Phi) is 6.75. The fraction of sp³-hybridized carbons (Fsp3) is 0.364. The van der Waals surface area contributed by atoms with Crippen molar-refractivity contribution >= 4 is 29.1 Å². The average molecular weight is 418 g/mol. The number of rotatable bonds is 5. The molecule has 1 saturated heterocycles. The Morgan fingerprint density at radius 1 is 1.00 bits per heavy atom. The van der Waals surface area contributed by atoms with Crippen LogP contribution in [0.1, 0.15) is 24.2 Å². The van der Waals surface area contributed by atoms with Crippen LogP contribution >= 0.6 is 11.6 Å². The molecule has 2 aromatic rings. The number of halogens is 2. The number of carbonyl (C=O) groups is 2. The van der Waals surface area contributed by atoms with Crippen molar-refractivity contribution < 1.29 is 14.0 Å². The number of para-hydroxylation sites is 1. The molecule has 2 aromatic carbocycles. The minimum Gasteiger partial charge on any atom is -0.366 e. The van der Waals surface area contributed by atoms with E-state index < -0.39 is 6.04 Å². The number of piperazine rings is 1. The van der Waals surface area contributed by atoms with Gasteiger partial charge in [0.25, 0.3) is 5.91 Å². The maximum atomic E-state index is 14.0. The first kappa shape index (κ1) is 21.1. The molecule has 1 heterocycles. The lowest BCUT2D eigenvalue weighted by atomic mass is 10.0. The number of nitrogens with one attached hydrogen (secondary N) is 1. The monoisotopic (exact) mass is 417 g/mol. The molecule has 0 radical (unpaired) electrons. The van der Waals surface area contributed by atoms with E-state index in [4.69, 9.17) is 11.6 Å². The predicted octanol–water partition coefficient (Wildman–Crippen LogP) is 3.58. The van der Waals surface area contributed by atoms with Crippen molar-refractivity contribution in [3.8, 4) is 0 Å². The molecule has 1 aliphatic heterocycles. The molecule has 1 atom stereocenters. The smallest absolute Gasteiger partial charge is 0.251 e. The van der Waals surface area contributed by atoms with Gasteiger partial charge in [-0.05, 0) is 42.3 Å². The molecule has 1 aliphatic rings. The summed E-state index contributed by atoms with van der Waals surface area (Å²) in [5.74, 6) is -0.750. The van der Waals surface area contributed by atoms with Crippen LogP contribution in [-0.2, 0) is 4.79 Å². The normalized spacial score (nSPS) is 15.3. The summed E-state index contributed by atoms with van der Waals surface area (Å²) in [4.78, 5) is 29.3. The number of carbonyl (C=O) groups excluding carboxylic acids is 2. The van der Waals surface area contributed by atoms with Crippen LogP contribution in [0.15, 0.2) is 48.5 Å². The quantitative estimate of drug-likeness (QED) is 0.809. The number of hydrogen-bond acceptors (Lipinski definition) is 3. The van der Waals surface area contributed by atoms with Gasteiger partial charge in [-0.15, -0.1) is 0 Å². The van der Waals surface area contributed by atoms with E-state index in [1.165, 1.54) is 6.07 Å². The van der Waals surface area contributed by atoms with Crippen LogP contribution in [0.25, 0.3) is 0 Å². The molecule has 29 heavy (non-hydrogen) atoms. The largest absolute Gasteiger partial charge is 0.366 e. The Morgan fingerprint density at radius 2 is 1.62 bits per heavy atom. The lowest BCUT2D eigenvalue weighted by Crippen LogP contribution is -2.56. The van der Waals surface area contributed by atoms with E-state index in [1.807, 2.05) is 18.7 Å². The highest BCUT2D eigenvalue weighted by Crippen LogP contribution is 2.21. The van der Waals surface area contributed by atoms with Gasteiger partial charge in [0.1, 0.15) is 11.9 Å². The van der Waals surface area contributed by atoms with Crippen LogP contribution in [0.5, 0.6) is 0 Å². The van der Waals surface area contributed by atoms with Crippen molar-refractivity contribution in [1.29, 1.82) is 0 Å².